The van der Waals surface area contributed by atoms with Crippen LogP contribution in [-0.4, -0.2) is 46.1 Å². The molecule has 0 aliphatic carbocycles. The smallest absolute Gasteiger partial charge is 0.344 e. The number of hydrogen-bond donors (Lipinski definition) is 0. The standard InChI is InChI=1S/C21H24ClFO6S/c1-21(2,3)29-20(24)13-28-19-8-5-14(22)11-17(19)16-12-15(6-7-18(16)23)30(25,26)10-9-27-4/h5-8,11-12H,9-10,13H2,1-4H3. The van der Waals surface area contributed by atoms with Crippen LogP contribution in [0.5, 0.6) is 5.75 Å². The number of benzene rings is 2. The number of halogens is 2. The molecule has 0 aromatic heterocycles. The van der Waals surface area contributed by atoms with Crippen LogP contribution in [0.15, 0.2) is 41.3 Å². The van der Waals surface area contributed by atoms with Gasteiger partial charge in [-0.05, 0) is 57.2 Å². The van der Waals surface area contributed by atoms with Crippen molar-refractivity contribution in [2.24, 2.45) is 0 Å². The van der Waals surface area contributed by atoms with Crippen LogP contribution in [0.25, 0.3) is 11.1 Å². The van der Waals surface area contributed by atoms with Crippen molar-refractivity contribution in [3.63, 3.8) is 0 Å². The molecule has 0 fully saturated rings. The molecule has 9 heteroatoms. The summed E-state index contributed by atoms with van der Waals surface area (Å²) in [5.41, 5.74) is -0.483. The summed E-state index contributed by atoms with van der Waals surface area (Å²) >= 11 is 6.06. The van der Waals surface area contributed by atoms with E-state index in [0.29, 0.717) is 5.02 Å². The van der Waals surface area contributed by atoms with Crippen LogP contribution in [0.3, 0.4) is 0 Å². The number of carbonyl (C=O) groups excluding carboxylic acids is 1. The first-order chi connectivity index (χ1) is 13.9. The van der Waals surface area contributed by atoms with E-state index >= 15 is 0 Å². The lowest BCUT2D eigenvalue weighted by molar-refractivity contribution is -0.157. The highest BCUT2D eigenvalue weighted by molar-refractivity contribution is 7.91. The summed E-state index contributed by atoms with van der Waals surface area (Å²) in [4.78, 5) is 11.9. The number of rotatable bonds is 8. The van der Waals surface area contributed by atoms with Gasteiger partial charge >= 0.3 is 5.97 Å². The number of sulfone groups is 1. The van der Waals surface area contributed by atoms with E-state index in [1.165, 1.54) is 37.4 Å². The van der Waals surface area contributed by atoms with E-state index in [1.807, 2.05) is 0 Å². The first-order valence-corrected chi connectivity index (χ1v) is 11.1. The molecule has 0 bridgehead atoms. The molecular formula is C21H24ClFO6S. The van der Waals surface area contributed by atoms with Gasteiger partial charge in [0.1, 0.15) is 17.2 Å². The van der Waals surface area contributed by atoms with E-state index in [4.69, 9.17) is 25.8 Å². The number of methoxy groups -OCH3 is 1. The molecule has 2 aromatic carbocycles. The summed E-state index contributed by atoms with van der Waals surface area (Å²) < 4.78 is 55.1. The van der Waals surface area contributed by atoms with E-state index in [0.717, 1.165) is 6.07 Å². The van der Waals surface area contributed by atoms with Crippen molar-refractivity contribution in [1.29, 1.82) is 0 Å². The predicted molar refractivity (Wildman–Crippen MR) is 112 cm³/mol. The van der Waals surface area contributed by atoms with E-state index in [9.17, 15) is 17.6 Å². The van der Waals surface area contributed by atoms with Crippen molar-refractivity contribution in [2.45, 2.75) is 31.3 Å². The van der Waals surface area contributed by atoms with Crippen molar-refractivity contribution >= 4 is 27.4 Å². The Balaban J connectivity index is 2.40. The highest BCUT2D eigenvalue weighted by Gasteiger charge is 2.21. The van der Waals surface area contributed by atoms with Gasteiger partial charge in [0, 0.05) is 23.3 Å². The fraction of sp³-hybridized carbons (Fsp3) is 0.381. The average molecular weight is 459 g/mol. The van der Waals surface area contributed by atoms with Gasteiger partial charge in [-0.1, -0.05) is 11.6 Å². The first-order valence-electron chi connectivity index (χ1n) is 9.09. The molecule has 0 atom stereocenters. The quantitative estimate of drug-likeness (QED) is 0.434. The molecule has 0 radical (unpaired) electrons. The van der Waals surface area contributed by atoms with Crippen LogP contribution < -0.4 is 4.74 Å². The summed E-state index contributed by atoms with van der Waals surface area (Å²) in [6, 6.07) is 7.91. The van der Waals surface area contributed by atoms with Gasteiger partial charge in [0.2, 0.25) is 0 Å². The highest BCUT2D eigenvalue weighted by Crippen LogP contribution is 2.35. The van der Waals surface area contributed by atoms with Crippen molar-refractivity contribution in [2.75, 3.05) is 26.1 Å². The molecule has 0 aliphatic heterocycles. The van der Waals surface area contributed by atoms with E-state index in [-0.39, 0.29) is 34.1 Å². The maximum Gasteiger partial charge on any atom is 0.344 e. The van der Waals surface area contributed by atoms with Crippen molar-refractivity contribution < 1.29 is 31.8 Å². The topological polar surface area (TPSA) is 78.9 Å². The maximum absolute atomic E-state index is 14.6. The molecule has 0 aliphatic rings. The zero-order valence-electron chi connectivity index (χ0n) is 17.2. The lowest BCUT2D eigenvalue weighted by Gasteiger charge is -2.20. The maximum atomic E-state index is 14.6. The van der Waals surface area contributed by atoms with Crippen molar-refractivity contribution in [3.05, 3.63) is 47.2 Å². The minimum absolute atomic E-state index is 0.0104. The van der Waals surface area contributed by atoms with Gasteiger partial charge in [-0.3, -0.25) is 0 Å². The van der Waals surface area contributed by atoms with E-state index in [2.05, 4.69) is 0 Å². The second-order valence-electron chi connectivity index (χ2n) is 7.47. The third kappa shape index (κ3) is 6.68. The third-order valence-corrected chi connectivity index (χ3v) is 5.76. The monoisotopic (exact) mass is 458 g/mol. The Labute approximate surface area is 180 Å². The fourth-order valence-electron chi connectivity index (χ4n) is 2.56. The SMILES string of the molecule is COCCS(=O)(=O)c1ccc(F)c(-c2cc(Cl)ccc2OCC(=O)OC(C)(C)C)c1. The molecule has 0 saturated carbocycles. The number of hydrogen-bond acceptors (Lipinski definition) is 6. The molecule has 2 rings (SSSR count). The Morgan fingerprint density at radius 2 is 1.80 bits per heavy atom. The normalized spacial score (nSPS) is 11.9. The molecule has 0 spiro atoms. The Morgan fingerprint density at radius 1 is 1.10 bits per heavy atom. The van der Waals surface area contributed by atoms with Gasteiger partial charge in [0.05, 0.1) is 17.3 Å². The van der Waals surface area contributed by atoms with Gasteiger partial charge < -0.3 is 14.2 Å². The van der Waals surface area contributed by atoms with Crippen LogP contribution in [0, 0.1) is 5.82 Å². The lowest BCUT2D eigenvalue weighted by atomic mass is 10.0. The van der Waals surface area contributed by atoms with Crippen LogP contribution in [0.1, 0.15) is 20.8 Å². The summed E-state index contributed by atoms with van der Waals surface area (Å²) in [6.07, 6.45) is 0. The van der Waals surface area contributed by atoms with Gasteiger partial charge in [-0.25, -0.2) is 17.6 Å². The van der Waals surface area contributed by atoms with Crippen LogP contribution >= 0.6 is 11.6 Å². The second-order valence-corrected chi connectivity index (χ2v) is 10.0. The molecule has 0 saturated heterocycles. The lowest BCUT2D eigenvalue weighted by Crippen LogP contribution is -2.27. The van der Waals surface area contributed by atoms with Crippen LogP contribution in [0.4, 0.5) is 4.39 Å². The molecule has 164 valence electrons. The Hall–Kier alpha value is -2.16. The summed E-state index contributed by atoms with van der Waals surface area (Å²) in [5, 5.41) is 0.293. The Kier molecular flexibility index (Phi) is 7.85. The summed E-state index contributed by atoms with van der Waals surface area (Å²) in [7, 11) is -2.28. The Bertz CT molecular complexity index is 1010. The molecule has 0 unspecified atom stereocenters. The third-order valence-electron chi connectivity index (χ3n) is 3.85. The number of ether oxygens (including phenoxy) is 3. The zero-order chi connectivity index (χ0) is 22.5. The number of carbonyl (C=O) groups is 1. The van der Waals surface area contributed by atoms with Gasteiger partial charge in [0.25, 0.3) is 0 Å². The average Bonchev–Trinajstić information content (AvgIpc) is 2.64. The molecule has 2 aromatic rings. The zero-order valence-corrected chi connectivity index (χ0v) is 18.8. The van der Waals surface area contributed by atoms with Gasteiger partial charge in [0.15, 0.2) is 16.4 Å². The van der Waals surface area contributed by atoms with Crippen molar-refractivity contribution in [1.82, 2.24) is 0 Å². The highest BCUT2D eigenvalue weighted by atomic mass is 35.5. The van der Waals surface area contributed by atoms with Crippen LogP contribution in [-0.2, 0) is 24.1 Å². The molecule has 0 amide bonds. The first kappa shape index (κ1) is 24.1. The fourth-order valence-corrected chi connectivity index (χ4v) is 3.93. The Morgan fingerprint density at radius 3 is 2.43 bits per heavy atom. The van der Waals surface area contributed by atoms with Gasteiger partial charge in [-0.2, -0.15) is 0 Å². The van der Waals surface area contributed by atoms with Crippen LogP contribution in [0.2, 0.25) is 5.02 Å². The predicted octanol–water partition coefficient (Wildman–Crippen LogP) is 4.29. The molecule has 0 N–H and O–H groups in total. The minimum Gasteiger partial charge on any atom is -0.481 e. The summed E-state index contributed by atoms with van der Waals surface area (Å²) in [5.74, 6) is -1.34. The summed E-state index contributed by atoms with van der Waals surface area (Å²) in [6.45, 7) is 4.78. The van der Waals surface area contributed by atoms with Gasteiger partial charge in [-0.15, -0.1) is 0 Å². The molecular weight excluding hydrogens is 435 g/mol. The molecule has 0 heterocycles. The minimum atomic E-state index is -3.68. The second kappa shape index (κ2) is 9.76. The van der Waals surface area contributed by atoms with Crippen molar-refractivity contribution in [3.8, 4) is 16.9 Å². The molecule has 6 nitrogen and oxygen atoms in total. The number of esters is 1. The largest absolute Gasteiger partial charge is 0.481 e. The van der Waals surface area contributed by atoms with E-state index in [1.54, 1.807) is 20.8 Å². The molecule has 30 heavy (non-hydrogen) atoms. The van der Waals surface area contributed by atoms with E-state index < -0.39 is 33.8 Å².